The molecule has 2 fully saturated rings. The summed E-state index contributed by atoms with van der Waals surface area (Å²) < 4.78 is 0. The number of carbonyl (C=O) groups is 1. The van der Waals surface area contributed by atoms with Gasteiger partial charge in [0.05, 0.1) is 0 Å². The van der Waals surface area contributed by atoms with Crippen LogP contribution in [0.25, 0.3) is 0 Å². The molecule has 2 aliphatic rings. The first-order chi connectivity index (χ1) is 10.8. The SMILES string of the molecule is O=C(O)/C(=C\CCCCC1CCSS1)CCCC1CCSS1. The molecule has 0 aromatic carbocycles. The van der Waals surface area contributed by atoms with Crippen molar-refractivity contribution in [3.05, 3.63) is 11.6 Å². The first-order valence-corrected chi connectivity index (χ1v) is 13.0. The summed E-state index contributed by atoms with van der Waals surface area (Å²) >= 11 is 0. The molecule has 126 valence electrons. The van der Waals surface area contributed by atoms with E-state index < -0.39 is 5.97 Å². The van der Waals surface area contributed by atoms with Gasteiger partial charge in [-0.05, 0) is 51.4 Å². The first-order valence-electron chi connectivity index (χ1n) is 8.24. The van der Waals surface area contributed by atoms with Gasteiger partial charge in [-0.15, -0.1) is 0 Å². The van der Waals surface area contributed by atoms with E-state index in [0.717, 1.165) is 36.2 Å². The Labute approximate surface area is 150 Å². The molecule has 0 radical (unpaired) electrons. The van der Waals surface area contributed by atoms with E-state index in [4.69, 9.17) is 0 Å². The smallest absolute Gasteiger partial charge is 0.331 e. The monoisotopic (exact) mass is 378 g/mol. The van der Waals surface area contributed by atoms with Crippen LogP contribution < -0.4 is 0 Å². The lowest BCUT2D eigenvalue weighted by Crippen LogP contribution is -2.03. The third kappa shape index (κ3) is 7.45. The summed E-state index contributed by atoms with van der Waals surface area (Å²) in [6.45, 7) is 0. The van der Waals surface area contributed by atoms with Crippen LogP contribution in [0, 0.1) is 0 Å². The van der Waals surface area contributed by atoms with E-state index in [1.807, 2.05) is 49.3 Å². The van der Waals surface area contributed by atoms with Gasteiger partial charge in [0.1, 0.15) is 0 Å². The molecule has 2 saturated heterocycles. The van der Waals surface area contributed by atoms with Crippen molar-refractivity contribution in [3.8, 4) is 0 Å². The summed E-state index contributed by atoms with van der Waals surface area (Å²) in [5.74, 6) is 1.85. The Balaban J connectivity index is 1.58. The summed E-state index contributed by atoms with van der Waals surface area (Å²) in [6, 6.07) is 0. The highest BCUT2D eigenvalue weighted by Gasteiger charge is 2.17. The molecule has 0 saturated carbocycles. The Kier molecular flexibility index (Phi) is 9.66. The fourth-order valence-electron chi connectivity index (χ4n) is 2.74. The maximum atomic E-state index is 11.3. The molecule has 0 aromatic rings. The van der Waals surface area contributed by atoms with Crippen molar-refractivity contribution in [1.29, 1.82) is 0 Å². The van der Waals surface area contributed by atoms with Gasteiger partial charge in [0.2, 0.25) is 0 Å². The van der Waals surface area contributed by atoms with Gasteiger partial charge < -0.3 is 5.11 Å². The molecule has 22 heavy (non-hydrogen) atoms. The van der Waals surface area contributed by atoms with Crippen LogP contribution in [0.15, 0.2) is 11.6 Å². The Morgan fingerprint density at radius 3 is 2.18 bits per heavy atom. The molecular formula is C16H26O2S4. The Bertz CT molecular complexity index is 361. The largest absolute Gasteiger partial charge is 0.478 e. The zero-order valence-electron chi connectivity index (χ0n) is 13.0. The van der Waals surface area contributed by atoms with Crippen LogP contribution in [0.5, 0.6) is 0 Å². The topological polar surface area (TPSA) is 37.3 Å². The van der Waals surface area contributed by atoms with Gasteiger partial charge in [0.25, 0.3) is 0 Å². The molecule has 2 atom stereocenters. The second kappa shape index (κ2) is 11.2. The van der Waals surface area contributed by atoms with Gasteiger partial charge in [-0.25, -0.2) is 4.79 Å². The predicted molar refractivity (Wildman–Crippen MR) is 105 cm³/mol. The van der Waals surface area contributed by atoms with Crippen LogP contribution >= 0.6 is 43.2 Å². The standard InChI is InChI=1S/C16H26O2S4/c17-16(18)13(6-4-8-15-10-12-20-22-15)5-2-1-3-7-14-9-11-19-21-14/h5,14-15H,1-4,6-12H2,(H,17,18)/b13-5-. The number of allylic oxidation sites excluding steroid dienone is 1. The number of rotatable bonds is 10. The lowest BCUT2D eigenvalue weighted by atomic mass is 10.0. The van der Waals surface area contributed by atoms with Gasteiger partial charge in [-0.2, -0.15) is 0 Å². The van der Waals surface area contributed by atoms with E-state index in [2.05, 4.69) is 0 Å². The molecule has 2 unspecified atom stereocenters. The molecule has 0 aromatic heterocycles. The minimum atomic E-state index is -0.712. The van der Waals surface area contributed by atoms with Crippen LogP contribution in [0.4, 0.5) is 0 Å². The van der Waals surface area contributed by atoms with Crippen molar-refractivity contribution in [2.24, 2.45) is 0 Å². The summed E-state index contributed by atoms with van der Waals surface area (Å²) in [6.07, 6.45) is 12.1. The van der Waals surface area contributed by atoms with E-state index in [9.17, 15) is 9.90 Å². The minimum Gasteiger partial charge on any atom is -0.478 e. The number of unbranched alkanes of at least 4 members (excludes halogenated alkanes) is 2. The van der Waals surface area contributed by atoms with Crippen LogP contribution in [0.2, 0.25) is 0 Å². The quantitative estimate of drug-likeness (QED) is 0.284. The normalized spacial score (nSPS) is 25.7. The summed E-state index contributed by atoms with van der Waals surface area (Å²) in [7, 11) is 7.98. The number of hydrogen-bond acceptors (Lipinski definition) is 5. The highest BCUT2D eigenvalue weighted by atomic mass is 33.1. The van der Waals surface area contributed by atoms with Gasteiger partial charge in [0, 0.05) is 27.6 Å². The molecule has 6 heteroatoms. The number of hydrogen-bond donors (Lipinski definition) is 1. The van der Waals surface area contributed by atoms with E-state index in [1.165, 1.54) is 43.6 Å². The highest BCUT2D eigenvalue weighted by Crippen LogP contribution is 2.40. The summed E-state index contributed by atoms with van der Waals surface area (Å²) in [5.41, 5.74) is 0.640. The van der Waals surface area contributed by atoms with E-state index in [0.29, 0.717) is 5.57 Å². The zero-order valence-corrected chi connectivity index (χ0v) is 16.3. The lowest BCUT2D eigenvalue weighted by molar-refractivity contribution is -0.132. The molecule has 0 spiro atoms. The minimum absolute atomic E-state index is 0.640. The molecule has 2 nitrogen and oxygen atoms in total. The van der Waals surface area contributed by atoms with Crippen molar-refractivity contribution >= 4 is 49.1 Å². The third-order valence-corrected chi connectivity index (χ3v) is 10.1. The Morgan fingerprint density at radius 1 is 1.00 bits per heavy atom. The van der Waals surface area contributed by atoms with Crippen LogP contribution in [0.1, 0.15) is 57.8 Å². The lowest BCUT2D eigenvalue weighted by Gasteiger charge is -2.08. The van der Waals surface area contributed by atoms with Crippen LogP contribution in [-0.2, 0) is 4.79 Å². The average molecular weight is 379 g/mol. The molecule has 0 amide bonds. The molecule has 1 N–H and O–H groups in total. The van der Waals surface area contributed by atoms with E-state index >= 15 is 0 Å². The van der Waals surface area contributed by atoms with Gasteiger partial charge >= 0.3 is 5.97 Å². The van der Waals surface area contributed by atoms with E-state index in [-0.39, 0.29) is 0 Å². The summed E-state index contributed by atoms with van der Waals surface area (Å²) in [4.78, 5) is 11.3. The van der Waals surface area contributed by atoms with Crippen molar-refractivity contribution in [1.82, 2.24) is 0 Å². The molecule has 0 bridgehead atoms. The van der Waals surface area contributed by atoms with Crippen molar-refractivity contribution in [2.45, 2.75) is 68.3 Å². The highest BCUT2D eigenvalue weighted by molar-refractivity contribution is 8.77. The van der Waals surface area contributed by atoms with Crippen molar-refractivity contribution in [3.63, 3.8) is 0 Å². The molecule has 0 aliphatic carbocycles. The maximum absolute atomic E-state index is 11.3. The van der Waals surface area contributed by atoms with Crippen molar-refractivity contribution < 1.29 is 9.90 Å². The molecule has 2 heterocycles. The number of aliphatic carboxylic acids is 1. The Morgan fingerprint density at radius 2 is 1.64 bits per heavy atom. The predicted octanol–water partition coefficient (Wildman–Crippen LogP) is 6.04. The zero-order chi connectivity index (χ0) is 15.6. The number of carboxylic acids is 1. The molecular weight excluding hydrogens is 352 g/mol. The van der Waals surface area contributed by atoms with Gasteiger partial charge in [-0.3, -0.25) is 0 Å². The van der Waals surface area contributed by atoms with Crippen LogP contribution in [-0.4, -0.2) is 33.1 Å². The second-order valence-electron chi connectivity index (χ2n) is 5.87. The van der Waals surface area contributed by atoms with Gasteiger partial charge in [-0.1, -0.05) is 55.7 Å². The average Bonchev–Trinajstić information content (AvgIpc) is 3.18. The van der Waals surface area contributed by atoms with E-state index in [1.54, 1.807) is 0 Å². The first kappa shape index (κ1) is 18.9. The van der Waals surface area contributed by atoms with Gasteiger partial charge in [0.15, 0.2) is 0 Å². The summed E-state index contributed by atoms with van der Waals surface area (Å²) in [5, 5.41) is 10.9. The second-order valence-corrected chi connectivity index (χ2v) is 11.4. The number of carboxylic acid groups (broad SMARTS) is 1. The Hall–Kier alpha value is 0.610. The van der Waals surface area contributed by atoms with Crippen LogP contribution in [0.3, 0.4) is 0 Å². The third-order valence-electron chi connectivity index (χ3n) is 4.07. The molecule has 2 aliphatic heterocycles. The fourth-order valence-corrected chi connectivity index (χ4v) is 8.79. The molecule has 2 rings (SSSR count). The van der Waals surface area contributed by atoms with Crippen molar-refractivity contribution in [2.75, 3.05) is 11.5 Å². The maximum Gasteiger partial charge on any atom is 0.331 e. The fraction of sp³-hybridized carbons (Fsp3) is 0.812.